The third kappa shape index (κ3) is 6.79. The number of ether oxygens (including phenoxy) is 1. The molecule has 0 spiro atoms. The molecule has 12 heteroatoms. The first-order valence-corrected chi connectivity index (χ1v) is 13.1. The summed E-state index contributed by atoms with van der Waals surface area (Å²) in [7, 11) is 1.90. The second kappa shape index (κ2) is 11.9. The molecular weight excluding hydrogens is 535 g/mol. The molecule has 1 saturated heterocycles. The van der Waals surface area contributed by atoms with Crippen molar-refractivity contribution in [3.05, 3.63) is 83.2 Å². The van der Waals surface area contributed by atoms with E-state index >= 15 is 0 Å². The SMILES string of the molecule is CC1=C=CC=C(C(=O)Nc2cccc(C(F)(F)F)c2)C=C1Nc1ncnc2cnc(N(C)CC3CCCCO3)nc12. The topological polar surface area (TPSA) is 105 Å². The highest BCUT2D eigenvalue weighted by Crippen LogP contribution is 2.31. The summed E-state index contributed by atoms with van der Waals surface area (Å²) in [5, 5.41) is 5.76. The monoisotopic (exact) mass is 563 g/mol. The van der Waals surface area contributed by atoms with Crippen molar-refractivity contribution in [2.45, 2.75) is 38.5 Å². The number of aromatic nitrogens is 4. The number of anilines is 3. The maximum absolute atomic E-state index is 13.1. The summed E-state index contributed by atoms with van der Waals surface area (Å²) >= 11 is 0. The summed E-state index contributed by atoms with van der Waals surface area (Å²) in [6.45, 7) is 3.21. The Hall–Kier alpha value is -4.54. The lowest BCUT2D eigenvalue weighted by Crippen LogP contribution is -2.34. The van der Waals surface area contributed by atoms with Crippen LogP contribution >= 0.6 is 0 Å². The molecule has 212 valence electrons. The van der Waals surface area contributed by atoms with Crippen LogP contribution in [-0.4, -0.2) is 52.1 Å². The Labute approximate surface area is 234 Å². The fraction of sp³-hybridized carbons (Fsp3) is 0.310. The van der Waals surface area contributed by atoms with E-state index in [2.05, 4.69) is 31.3 Å². The molecule has 2 N–H and O–H groups in total. The first kappa shape index (κ1) is 28.0. The Balaban J connectivity index is 1.38. The van der Waals surface area contributed by atoms with Crippen LogP contribution in [0.4, 0.5) is 30.6 Å². The first-order chi connectivity index (χ1) is 19.7. The zero-order valence-corrected chi connectivity index (χ0v) is 22.5. The fourth-order valence-electron chi connectivity index (χ4n) is 4.48. The van der Waals surface area contributed by atoms with Crippen LogP contribution in [0, 0.1) is 0 Å². The quantitative estimate of drug-likeness (QED) is 0.367. The van der Waals surface area contributed by atoms with Gasteiger partial charge in [0.25, 0.3) is 5.91 Å². The van der Waals surface area contributed by atoms with Crippen molar-refractivity contribution in [3.8, 4) is 0 Å². The van der Waals surface area contributed by atoms with Crippen LogP contribution in [0.2, 0.25) is 0 Å². The van der Waals surface area contributed by atoms with Crippen molar-refractivity contribution in [1.82, 2.24) is 19.9 Å². The molecule has 1 unspecified atom stereocenters. The van der Waals surface area contributed by atoms with E-state index in [1.807, 2.05) is 11.9 Å². The summed E-state index contributed by atoms with van der Waals surface area (Å²) in [5.74, 6) is 0.306. The molecule has 0 saturated carbocycles. The molecule has 2 aliphatic rings. The summed E-state index contributed by atoms with van der Waals surface area (Å²) in [6, 6.07) is 4.47. The summed E-state index contributed by atoms with van der Waals surface area (Å²) in [5.41, 5.74) is 4.64. The van der Waals surface area contributed by atoms with Crippen LogP contribution in [-0.2, 0) is 15.7 Å². The predicted molar refractivity (Wildman–Crippen MR) is 149 cm³/mol. The van der Waals surface area contributed by atoms with Gasteiger partial charge in [-0.2, -0.15) is 13.2 Å². The van der Waals surface area contributed by atoms with Crippen LogP contribution in [0.3, 0.4) is 0 Å². The maximum atomic E-state index is 13.1. The largest absolute Gasteiger partial charge is 0.416 e. The smallest absolute Gasteiger partial charge is 0.376 e. The third-order valence-electron chi connectivity index (χ3n) is 6.69. The van der Waals surface area contributed by atoms with E-state index in [0.717, 1.165) is 38.0 Å². The molecule has 41 heavy (non-hydrogen) atoms. The molecule has 2 aromatic heterocycles. The maximum Gasteiger partial charge on any atom is 0.416 e. The Kier molecular flexibility index (Phi) is 8.14. The molecule has 1 aliphatic carbocycles. The molecule has 3 aromatic rings. The van der Waals surface area contributed by atoms with Gasteiger partial charge in [-0.1, -0.05) is 6.07 Å². The summed E-state index contributed by atoms with van der Waals surface area (Å²) in [4.78, 5) is 32.8. The van der Waals surface area contributed by atoms with E-state index in [4.69, 9.17) is 9.72 Å². The molecule has 3 heterocycles. The minimum absolute atomic E-state index is 0.0281. The number of halogens is 3. The number of carbonyl (C=O) groups is 1. The van der Waals surface area contributed by atoms with Crippen molar-refractivity contribution in [3.63, 3.8) is 0 Å². The molecule has 1 aromatic carbocycles. The first-order valence-electron chi connectivity index (χ1n) is 13.1. The average molecular weight is 564 g/mol. The summed E-state index contributed by atoms with van der Waals surface area (Å²) in [6.07, 6.45) is 6.47. The number of hydrogen-bond acceptors (Lipinski definition) is 8. The van der Waals surface area contributed by atoms with Gasteiger partial charge in [0.05, 0.1) is 23.6 Å². The van der Waals surface area contributed by atoms with Gasteiger partial charge in [-0.25, -0.2) is 19.9 Å². The number of alkyl halides is 3. The molecule has 9 nitrogen and oxygen atoms in total. The molecule has 5 rings (SSSR count). The highest BCUT2D eigenvalue weighted by atomic mass is 19.4. The number of hydrogen-bond donors (Lipinski definition) is 2. The van der Waals surface area contributed by atoms with Gasteiger partial charge in [-0.05, 0) is 62.6 Å². The number of allylic oxidation sites excluding steroid dienone is 2. The fourth-order valence-corrected chi connectivity index (χ4v) is 4.48. The van der Waals surface area contributed by atoms with E-state index in [-0.39, 0.29) is 17.4 Å². The lowest BCUT2D eigenvalue weighted by atomic mass is 10.1. The Morgan fingerprint density at radius 1 is 1.22 bits per heavy atom. The number of fused-ring (bicyclic) bond motifs is 1. The highest BCUT2D eigenvalue weighted by Gasteiger charge is 2.30. The lowest BCUT2D eigenvalue weighted by Gasteiger charge is -2.27. The Bertz CT molecular complexity index is 1590. The second-order valence-electron chi connectivity index (χ2n) is 9.77. The van der Waals surface area contributed by atoms with Crippen LogP contribution < -0.4 is 15.5 Å². The van der Waals surface area contributed by atoms with E-state index in [0.29, 0.717) is 40.6 Å². The third-order valence-corrected chi connectivity index (χ3v) is 6.69. The van der Waals surface area contributed by atoms with Crippen LogP contribution in [0.15, 0.2) is 77.6 Å². The molecule has 0 bridgehead atoms. The van der Waals surface area contributed by atoms with Crippen molar-refractivity contribution < 1.29 is 22.7 Å². The van der Waals surface area contributed by atoms with Gasteiger partial charge in [-0.3, -0.25) is 4.79 Å². The number of rotatable bonds is 7. The number of carbonyl (C=O) groups excluding carboxylic acids is 1. The van der Waals surface area contributed by atoms with Crippen molar-refractivity contribution >= 4 is 34.4 Å². The van der Waals surface area contributed by atoms with Crippen LogP contribution in [0.1, 0.15) is 31.7 Å². The standard InChI is InChI=1S/C29H28F3N7O2/c1-18-7-5-8-19(27(40)36-21-10-6-9-20(14-21)29(30,31)32)13-23(18)37-26-25-24(34-17-35-26)15-33-28(38-25)39(2)16-22-11-3-4-12-41-22/h5-6,8-10,13-15,17,22H,3-4,11-12,16H2,1-2H3,(H,36,40)(H,34,35,37). The van der Waals surface area contributed by atoms with Crippen LogP contribution in [0.25, 0.3) is 11.0 Å². The van der Waals surface area contributed by atoms with Crippen LogP contribution in [0.5, 0.6) is 0 Å². The van der Waals surface area contributed by atoms with Gasteiger partial charge in [0.15, 0.2) is 5.82 Å². The van der Waals surface area contributed by atoms with E-state index in [1.165, 1.54) is 24.5 Å². The second-order valence-corrected chi connectivity index (χ2v) is 9.77. The van der Waals surface area contributed by atoms with Gasteiger partial charge in [0, 0.05) is 37.0 Å². The number of nitrogens with zero attached hydrogens (tertiary/aromatic N) is 5. The molecular formula is C29H28F3N7O2. The van der Waals surface area contributed by atoms with Gasteiger partial charge in [0.1, 0.15) is 17.4 Å². The van der Waals surface area contributed by atoms with Crippen molar-refractivity contribution in [2.24, 2.45) is 0 Å². The number of likely N-dealkylation sites (N-methyl/N-ethyl adjacent to an activating group) is 1. The van der Waals surface area contributed by atoms with Gasteiger partial charge >= 0.3 is 6.18 Å². The molecule has 1 fully saturated rings. The Morgan fingerprint density at radius 3 is 2.85 bits per heavy atom. The number of benzene rings is 1. The molecule has 1 atom stereocenters. The van der Waals surface area contributed by atoms with Crippen molar-refractivity contribution in [1.29, 1.82) is 0 Å². The zero-order chi connectivity index (χ0) is 29.0. The minimum Gasteiger partial charge on any atom is -0.376 e. The normalized spacial score (nSPS) is 17.3. The minimum atomic E-state index is -4.52. The van der Waals surface area contributed by atoms with E-state index in [1.54, 1.807) is 25.3 Å². The Morgan fingerprint density at radius 2 is 2.07 bits per heavy atom. The van der Waals surface area contributed by atoms with Gasteiger partial charge < -0.3 is 20.3 Å². The van der Waals surface area contributed by atoms with Gasteiger partial charge in [-0.15, -0.1) is 5.73 Å². The molecule has 1 amide bonds. The van der Waals surface area contributed by atoms with E-state index < -0.39 is 17.6 Å². The number of amides is 1. The van der Waals surface area contributed by atoms with Gasteiger partial charge in [0.2, 0.25) is 5.95 Å². The highest BCUT2D eigenvalue weighted by molar-refractivity contribution is 6.06. The van der Waals surface area contributed by atoms with Crippen molar-refractivity contribution in [2.75, 3.05) is 35.7 Å². The average Bonchev–Trinajstić information content (AvgIpc) is 3.14. The zero-order valence-electron chi connectivity index (χ0n) is 22.5. The molecule has 1 aliphatic heterocycles. The lowest BCUT2D eigenvalue weighted by molar-refractivity contribution is -0.137. The number of nitrogens with one attached hydrogen (secondary N) is 2. The van der Waals surface area contributed by atoms with E-state index in [9.17, 15) is 18.0 Å². The summed E-state index contributed by atoms with van der Waals surface area (Å²) < 4.78 is 45.2. The predicted octanol–water partition coefficient (Wildman–Crippen LogP) is 5.42. The molecule has 0 radical (unpaired) electrons.